The van der Waals surface area contributed by atoms with Crippen molar-refractivity contribution in [1.29, 1.82) is 0 Å². The first-order chi connectivity index (χ1) is 4.30. The van der Waals surface area contributed by atoms with Crippen molar-refractivity contribution in [1.82, 2.24) is 0 Å². The van der Waals surface area contributed by atoms with Crippen LogP contribution in [0, 0.1) is 0 Å². The van der Waals surface area contributed by atoms with E-state index in [2.05, 4.69) is 31.9 Å². The molecule has 48 valence electrons. The molecule has 0 aliphatic heterocycles. The molecule has 1 aliphatic rings. The molecule has 1 rings (SSSR count). The third-order valence-corrected chi connectivity index (χ3v) is 1.78. The van der Waals surface area contributed by atoms with Gasteiger partial charge in [0.15, 0.2) is 6.71 Å². The molecule has 0 unspecified atom stereocenters. The molecule has 0 radical (unpaired) electrons. The Labute approximate surface area is 57.7 Å². The van der Waals surface area contributed by atoms with E-state index in [1.54, 1.807) is 5.47 Å². The molecule has 0 bridgehead atoms. The van der Waals surface area contributed by atoms with Crippen LogP contribution in [0.3, 0.4) is 0 Å². The largest absolute Gasteiger partial charge is 0.164 e. The van der Waals surface area contributed by atoms with Crippen LogP contribution in [0.15, 0.2) is 23.7 Å². The molecule has 9 heavy (non-hydrogen) atoms. The standard InChI is InChI=1S/C8H13B/c1-9(2)8-6-4-3-5-7-8/h3-4,7H,5-6H2,1-2H3. The van der Waals surface area contributed by atoms with Crippen LogP contribution >= 0.6 is 0 Å². The third kappa shape index (κ3) is 1.74. The minimum Gasteiger partial charge on any atom is -0.102 e. The van der Waals surface area contributed by atoms with E-state index in [1.807, 2.05) is 0 Å². The van der Waals surface area contributed by atoms with Gasteiger partial charge < -0.3 is 0 Å². The highest BCUT2D eigenvalue weighted by molar-refractivity contribution is 6.64. The summed E-state index contributed by atoms with van der Waals surface area (Å²) in [6.45, 7) is 5.26. The summed E-state index contributed by atoms with van der Waals surface area (Å²) in [6.07, 6.45) is 9.15. The van der Waals surface area contributed by atoms with Crippen LogP contribution in [-0.4, -0.2) is 6.71 Å². The second kappa shape index (κ2) is 2.91. The minimum absolute atomic E-state index is 0.745. The lowest BCUT2D eigenvalue weighted by molar-refractivity contribution is 1.19. The molecule has 0 spiro atoms. The molecule has 0 fully saturated rings. The molecular weight excluding hydrogens is 107 g/mol. The summed E-state index contributed by atoms with van der Waals surface area (Å²) in [7, 11) is 0. The van der Waals surface area contributed by atoms with Gasteiger partial charge in [0.1, 0.15) is 0 Å². The Morgan fingerprint density at radius 1 is 1.33 bits per heavy atom. The van der Waals surface area contributed by atoms with Crippen LogP contribution in [0.5, 0.6) is 0 Å². The fourth-order valence-electron chi connectivity index (χ4n) is 1.09. The second-order valence-corrected chi connectivity index (χ2v) is 2.84. The van der Waals surface area contributed by atoms with E-state index in [9.17, 15) is 0 Å². The van der Waals surface area contributed by atoms with Crippen molar-refractivity contribution in [2.24, 2.45) is 0 Å². The quantitative estimate of drug-likeness (QED) is 0.368. The zero-order valence-corrected chi connectivity index (χ0v) is 6.22. The van der Waals surface area contributed by atoms with E-state index in [-0.39, 0.29) is 0 Å². The summed E-state index contributed by atoms with van der Waals surface area (Å²) in [5.74, 6) is 0. The van der Waals surface area contributed by atoms with Crippen LogP contribution < -0.4 is 0 Å². The van der Waals surface area contributed by atoms with Crippen molar-refractivity contribution in [3.63, 3.8) is 0 Å². The SMILES string of the molecule is CB(C)C1=CCC=CC1. The third-order valence-electron chi connectivity index (χ3n) is 1.78. The lowest BCUT2D eigenvalue weighted by Gasteiger charge is -2.08. The maximum Gasteiger partial charge on any atom is 0.164 e. The maximum atomic E-state index is 2.34. The average molecular weight is 120 g/mol. The van der Waals surface area contributed by atoms with Crippen molar-refractivity contribution in [2.45, 2.75) is 26.5 Å². The Hall–Kier alpha value is -0.455. The van der Waals surface area contributed by atoms with Crippen LogP contribution in [0.25, 0.3) is 0 Å². The molecule has 0 aromatic carbocycles. The van der Waals surface area contributed by atoms with Crippen molar-refractivity contribution < 1.29 is 0 Å². The molecule has 0 heterocycles. The molecule has 0 nitrogen and oxygen atoms in total. The van der Waals surface area contributed by atoms with Crippen LogP contribution in [0.4, 0.5) is 0 Å². The first-order valence-corrected chi connectivity index (χ1v) is 3.64. The van der Waals surface area contributed by atoms with Crippen molar-refractivity contribution in [3.8, 4) is 0 Å². The lowest BCUT2D eigenvalue weighted by Crippen LogP contribution is -2.06. The fourth-order valence-corrected chi connectivity index (χ4v) is 1.09. The zero-order chi connectivity index (χ0) is 6.69. The van der Waals surface area contributed by atoms with Gasteiger partial charge in [0.05, 0.1) is 0 Å². The van der Waals surface area contributed by atoms with E-state index in [1.165, 1.54) is 6.42 Å². The van der Waals surface area contributed by atoms with E-state index >= 15 is 0 Å². The smallest absolute Gasteiger partial charge is 0.102 e. The highest BCUT2D eigenvalue weighted by atomic mass is 13.9. The van der Waals surface area contributed by atoms with Gasteiger partial charge in [0.2, 0.25) is 0 Å². The monoisotopic (exact) mass is 120 g/mol. The maximum absolute atomic E-state index is 2.34. The summed E-state index contributed by atoms with van der Waals surface area (Å²) in [6, 6.07) is 0. The molecule has 0 aromatic heterocycles. The highest BCUT2D eigenvalue weighted by Crippen LogP contribution is 2.13. The summed E-state index contributed by atoms with van der Waals surface area (Å²) in [5.41, 5.74) is 1.59. The van der Waals surface area contributed by atoms with Gasteiger partial charge in [-0.3, -0.25) is 0 Å². The summed E-state index contributed by atoms with van der Waals surface area (Å²) >= 11 is 0. The number of rotatable bonds is 1. The molecule has 0 amide bonds. The molecule has 0 aromatic rings. The van der Waals surface area contributed by atoms with Crippen LogP contribution in [0.2, 0.25) is 13.6 Å². The Morgan fingerprint density at radius 2 is 2.11 bits per heavy atom. The molecule has 0 N–H and O–H groups in total. The predicted molar refractivity (Wildman–Crippen MR) is 43.9 cm³/mol. The summed E-state index contributed by atoms with van der Waals surface area (Å²) < 4.78 is 0. The molecule has 0 atom stereocenters. The van der Waals surface area contributed by atoms with Crippen molar-refractivity contribution in [3.05, 3.63) is 23.7 Å². The van der Waals surface area contributed by atoms with Gasteiger partial charge in [-0.2, -0.15) is 0 Å². The first-order valence-electron chi connectivity index (χ1n) is 3.64. The number of allylic oxidation sites excluding steroid dienone is 4. The minimum atomic E-state index is 0.745. The normalized spacial score (nSPS) is 17.3. The van der Waals surface area contributed by atoms with Gasteiger partial charge >= 0.3 is 0 Å². The first kappa shape index (κ1) is 6.66. The Bertz CT molecular complexity index is 143. The van der Waals surface area contributed by atoms with E-state index < -0.39 is 0 Å². The predicted octanol–water partition coefficient (Wildman–Crippen LogP) is 2.56. The molecule has 0 saturated carbocycles. The Morgan fingerprint density at radius 3 is 2.44 bits per heavy atom. The van der Waals surface area contributed by atoms with Crippen molar-refractivity contribution >= 4 is 6.71 Å². The van der Waals surface area contributed by atoms with Crippen LogP contribution in [0.1, 0.15) is 12.8 Å². The molecule has 0 saturated heterocycles. The second-order valence-electron chi connectivity index (χ2n) is 2.84. The lowest BCUT2D eigenvalue weighted by atomic mass is 9.47. The average Bonchev–Trinajstić information content (AvgIpc) is 1.90. The Kier molecular flexibility index (Phi) is 2.15. The van der Waals surface area contributed by atoms with Gasteiger partial charge in [-0.05, 0) is 12.8 Å². The molecule has 1 heteroatoms. The zero-order valence-electron chi connectivity index (χ0n) is 6.22. The summed E-state index contributed by atoms with van der Waals surface area (Å²) in [4.78, 5) is 0. The van der Waals surface area contributed by atoms with E-state index in [0.29, 0.717) is 0 Å². The Balaban J connectivity index is 2.50. The van der Waals surface area contributed by atoms with E-state index in [0.717, 1.165) is 13.1 Å². The van der Waals surface area contributed by atoms with Gasteiger partial charge in [0.25, 0.3) is 0 Å². The molecule has 1 aliphatic carbocycles. The van der Waals surface area contributed by atoms with Gasteiger partial charge in [-0.25, -0.2) is 0 Å². The number of hydrogen-bond acceptors (Lipinski definition) is 0. The topological polar surface area (TPSA) is 0 Å². The summed E-state index contributed by atoms with van der Waals surface area (Å²) in [5, 5.41) is 0. The highest BCUT2D eigenvalue weighted by Gasteiger charge is 2.05. The van der Waals surface area contributed by atoms with Gasteiger partial charge in [-0.15, -0.1) is 5.47 Å². The fraction of sp³-hybridized carbons (Fsp3) is 0.500. The number of hydrogen-bond donors (Lipinski definition) is 0. The van der Waals surface area contributed by atoms with Crippen molar-refractivity contribution in [2.75, 3.05) is 0 Å². The van der Waals surface area contributed by atoms with Gasteiger partial charge in [0, 0.05) is 0 Å². The van der Waals surface area contributed by atoms with E-state index in [4.69, 9.17) is 0 Å². The molecular formula is C8H13B. The van der Waals surface area contributed by atoms with Gasteiger partial charge in [-0.1, -0.05) is 31.9 Å². The van der Waals surface area contributed by atoms with Crippen LogP contribution in [-0.2, 0) is 0 Å².